The standard InChI is InChI=1S/C24H19N3O/c25-15-17-4-1-5-19(14-17)22-7-2-8-23(22)24(28)27-21-11-9-18(10-12-21)20-6-3-13-26-16-20/h1,3-6,9-14,16H,2,7-8H2,(H,27,28). The average Bonchev–Trinajstić information content (AvgIpc) is 3.25. The lowest BCUT2D eigenvalue weighted by atomic mass is 9.99. The molecule has 1 aliphatic rings. The maximum Gasteiger partial charge on any atom is 0.251 e. The second-order valence-corrected chi connectivity index (χ2v) is 6.78. The van der Waals surface area contributed by atoms with E-state index in [0.717, 1.165) is 52.8 Å². The first kappa shape index (κ1) is 17.7. The predicted molar refractivity (Wildman–Crippen MR) is 110 cm³/mol. The number of carbonyl (C=O) groups is 1. The number of hydrogen-bond donors (Lipinski definition) is 1. The van der Waals surface area contributed by atoms with Crippen LogP contribution in [0.3, 0.4) is 0 Å². The maximum absolute atomic E-state index is 12.9. The number of nitriles is 1. The van der Waals surface area contributed by atoms with Crippen molar-refractivity contribution < 1.29 is 4.79 Å². The number of amides is 1. The van der Waals surface area contributed by atoms with Gasteiger partial charge in [0.2, 0.25) is 0 Å². The van der Waals surface area contributed by atoms with E-state index < -0.39 is 0 Å². The zero-order valence-electron chi connectivity index (χ0n) is 15.4. The van der Waals surface area contributed by atoms with Crippen LogP contribution in [-0.2, 0) is 4.79 Å². The van der Waals surface area contributed by atoms with E-state index in [-0.39, 0.29) is 5.91 Å². The van der Waals surface area contributed by atoms with Crippen LogP contribution in [0.2, 0.25) is 0 Å². The van der Waals surface area contributed by atoms with Gasteiger partial charge in [-0.1, -0.05) is 30.3 Å². The predicted octanol–water partition coefficient (Wildman–Crippen LogP) is 5.20. The van der Waals surface area contributed by atoms with Crippen LogP contribution in [0.5, 0.6) is 0 Å². The number of nitrogens with zero attached hydrogens (tertiary/aromatic N) is 2. The van der Waals surface area contributed by atoms with Crippen LogP contribution in [-0.4, -0.2) is 10.9 Å². The van der Waals surface area contributed by atoms with Crippen LogP contribution < -0.4 is 5.32 Å². The van der Waals surface area contributed by atoms with E-state index in [4.69, 9.17) is 5.26 Å². The first-order chi connectivity index (χ1) is 13.7. The summed E-state index contributed by atoms with van der Waals surface area (Å²) in [6.07, 6.45) is 6.13. The van der Waals surface area contributed by atoms with Gasteiger partial charge in [-0.15, -0.1) is 0 Å². The van der Waals surface area contributed by atoms with E-state index in [2.05, 4.69) is 16.4 Å². The Hall–Kier alpha value is -3.71. The Balaban J connectivity index is 1.55. The van der Waals surface area contributed by atoms with Crippen molar-refractivity contribution in [2.75, 3.05) is 5.32 Å². The number of hydrogen-bond acceptors (Lipinski definition) is 3. The van der Waals surface area contributed by atoms with E-state index in [0.29, 0.717) is 5.56 Å². The van der Waals surface area contributed by atoms with Crippen molar-refractivity contribution in [1.82, 2.24) is 4.98 Å². The molecule has 4 heteroatoms. The van der Waals surface area contributed by atoms with Crippen molar-refractivity contribution in [2.24, 2.45) is 0 Å². The Morgan fingerprint density at radius 2 is 1.79 bits per heavy atom. The highest BCUT2D eigenvalue weighted by Gasteiger charge is 2.22. The van der Waals surface area contributed by atoms with Gasteiger partial charge in [-0.25, -0.2) is 0 Å². The molecule has 0 unspecified atom stereocenters. The second-order valence-electron chi connectivity index (χ2n) is 6.78. The van der Waals surface area contributed by atoms with Crippen molar-refractivity contribution in [3.63, 3.8) is 0 Å². The molecule has 2 aromatic carbocycles. The highest BCUT2D eigenvalue weighted by molar-refractivity contribution is 6.09. The third-order valence-corrected chi connectivity index (χ3v) is 4.97. The van der Waals surface area contributed by atoms with Crippen molar-refractivity contribution >= 4 is 17.2 Å². The van der Waals surface area contributed by atoms with Crippen LogP contribution in [0.25, 0.3) is 16.7 Å². The third-order valence-electron chi connectivity index (χ3n) is 4.97. The van der Waals surface area contributed by atoms with Gasteiger partial charge in [-0.05, 0) is 71.9 Å². The quantitative estimate of drug-likeness (QED) is 0.691. The minimum atomic E-state index is -0.0658. The summed E-state index contributed by atoms with van der Waals surface area (Å²) in [5.74, 6) is -0.0658. The molecule has 0 saturated carbocycles. The molecule has 0 aliphatic heterocycles. The number of benzene rings is 2. The number of anilines is 1. The molecular weight excluding hydrogens is 346 g/mol. The normalized spacial score (nSPS) is 13.2. The Morgan fingerprint density at radius 1 is 0.964 bits per heavy atom. The number of aromatic nitrogens is 1. The molecular formula is C24H19N3O. The summed E-state index contributed by atoms with van der Waals surface area (Å²) in [6, 6.07) is 21.3. The fourth-order valence-electron chi connectivity index (χ4n) is 3.58. The molecule has 1 aliphatic carbocycles. The summed E-state index contributed by atoms with van der Waals surface area (Å²) in [7, 11) is 0. The van der Waals surface area contributed by atoms with Crippen molar-refractivity contribution in [3.05, 3.63) is 89.8 Å². The smallest absolute Gasteiger partial charge is 0.251 e. The summed E-state index contributed by atoms with van der Waals surface area (Å²) >= 11 is 0. The SMILES string of the molecule is N#Cc1cccc(C2=C(C(=O)Nc3ccc(-c4cccnc4)cc3)CCC2)c1. The number of carbonyl (C=O) groups excluding carboxylic acids is 1. The fourth-order valence-corrected chi connectivity index (χ4v) is 3.58. The van der Waals surface area contributed by atoms with E-state index in [1.54, 1.807) is 12.3 Å². The number of allylic oxidation sites excluding steroid dienone is 1. The van der Waals surface area contributed by atoms with Crippen LogP contribution in [0.1, 0.15) is 30.4 Å². The van der Waals surface area contributed by atoms with Crippen LogP contribution in [0.15, 0.2) is 78.6 Å². The Kier molecular flexibility index (Phi) is 4.99. The first-order valence-electron chi connectivity index (χ1n) is 9.29. The van der Waals surface area contributed by atoms with Gasteiger partial charge in [0.1, 0.15) is 0 Å². The molecule has 1 aromatic heterocycles. The molecule has 1 heterocycles. The van der Waals surface area contributed by atoms with Gasteiger partial charge < -0.3 is 5.32 Å². The van der Waals surface area contributed by atoms with Gasteiger partial charge >= 0.3 is 0 Å². The highest BCUT2D eigenvalue weighted by atomic mass is 16.1. The fraction of sp³-hybridized carbons (Fsp3) is 0.125. The monoisotopic (exact) mass is 365 g/mol. The minimum absolute atomic E-state index is 0.0658. The van der Waals surface area contributed by atoms with E-state index >= 15 is 0 Å². The highest BCUT2D eigenvalue weighted by Crippen LogP contribution is 2.35. The molecule has 0 spiro atoms. The minimum Gasteiger partial charge on any atom is -0.322 e. The van der Waals surface area contributed by atoms with Gasteiger partial charge in [-0.2, -0.15) is 5.26 Å². The molecule has 0 fully saturated rings. The maximum atomic E-state index is 12.9. The lowest BCUT2D eigenvalue weighted by Crippen LogP contribution is -2.14. The topological polar surface area (TPSA) is 65.8 Å². The van der Waals surface area contributed by atoms with Gasteiger partial charge in [-0.3, -0.25) is 9.78 Å². The number of pyridine rings is 1. The van der Waals surface area contributed by atoms with Crippen molar-refractivity contribution in [3.8, 4) is 17.2 Å². The molecule has 28 heavy (non-hydrogen) atoms. The lowest BCUT2D eigenvalue weighted by Gasteiger charge is -2.10. The zero-order chi connectivity index (χ0) is 19.3. The van der Waals surface area contributed by atoms with Gasteiger partial charge in [0.05, 0.1) is 11.6 Å². The Labute approximate surface area is 164 Å². The Bertz CT molecular complexity index is 1080. The van der Waals surface area contributed by atoms with Gasteiger partial charge in [0.25, 0.3) is 5.91 Å². The van der Waals surface area contributed by atoms with E-state index in [1.165, 1.54) is 0 Å². The summed E-state index contributed by atoms with van der Waals surface area (Å²) in [4.78, 5) is 17.0. The second kappa shape index (κ2) is 7.89. The molecule has 0 radical (unpaired) electrons. The molecule has 1 N–H and O–H groups in total. The van der Waals surface area contributed by atoms with Crippen LogP contribution in [0, 0.1) is 11.3 Å². The van der Waals surface area contributed by atoms with Gasteiger partial charge in [0, 0.05) is 23.7 Å². The summed E-state index contributed by atoms with van der Waals surface area (Å²) in [6.45, 7) is 0. The average molecular weight is 365 g/mol. The molecule has 0 bridgehead atoms. The van der Waals surface area contributed by atoms with Crippen molar-refractivity contribution in [1.29, 1.82) is 5.26 Å². The van der Waals surface area contributed by atoms with Gasteiger partial charge in [0.15, 0.2) is 0 Å². The summed E-state index contributed by atoms with van der Waals surface area (Å²) in [5.41, 5.74) is 6.30. The van der Waals surface area contributed by atoms with E-state index in [1.807, 2.05) is 60.8 Å². The largest absolute Gasteiger partial charge is 0.322 e. The number of rotatable bonds is 4. The first-order valence-corrected chi connectivity index (χ1v) is 9.29. The van der Waals surface area contributed by atoms with Crippen molar-refractivity contribution in [2.45, 2.75) is 19.3 Å². The summed E-state index contributed by atoms with van der Waals surface area (Å²) < 4.78 is 0. The van der Waals surface area contributed by atoms with E-state index in [9.17, 15) is 4.79 Å². The molecule has 136 valence electrons. The lowest BCUT2D eigenvalue weighted by molar-refractivity contribution is -0.112. The third kappa shape index (κ3) is 3.70. The molecule has 3 aromatic rings. The summed E-state index contributed by atoms with van der Waals surface area (Å²) in [5, 5.41) is 12.1. The van der Waals surface area contributed by atoms with Crippen LogP contribution >= 0.6 is 0 Å². The van der Waals surface area contributed by atoms with Crippen LogP contribution in [0.4, 0.5) is 5.69 Å². The molecule has 4 nitrogen and oxygen atoms in total. The zero-order valence-corrected chi connectivity index (χ0v) is 15.4. The molecule has 0 atom stereocenters. The Morgan fingerprint density at radius 3 is 2.54 bits per heavy atom. The molecule has 4 rings (SSSR count). The molecule has 0 saturated heterocycles. The number of nitrogens with one attached hydrogen (secondary N) is 1. The molecule has 1 amide bonds.